The normalized spacial score (nSPS) is 19.3. The van der Waals surface area contributed by atoms with Gasteiger partial charge in [-0.15, -0.1) is 0 Å². The molecule has 7 nitrogen and oxygen atoms in total. The molecule has 1 aliphatic heterocycles. The molecular formula is C22H24N2O5S. The minimum absolute atomic E-state index is 0.00802. The number of thiol groups is 1. The van der Waals surface area contributed by atoms with Crippen LogP contribution >= 0.6 is 12.6 Å². The van der Waals surface area contributed by atoms with E-state index in [1.165, 1.54) is 11.0 Å². The van der Waals surface area contributed by atoms with E-state index < -0.39 is 35.1 Å². The molecule has 2 aromatic rings. The number of carboxylic acid groups (broad SMARTS) is 1. The lowest BCUT2D eigenvalue weighted by molar-refractivity contribution is -0.149. The number of amides is 2. The third-order valence-electron chi connectivity index (χ3n) is 5.24. The molecule has 2 aromatic carbocycles. The lowest BCUT2D eigenvalue weighted by atomic mass is 10.0. The van der Waals surface area contributed by atoms with Crippen molar-refractivity contribution in [2.75, 3.05) is 6.54 Å². The van der Waals surface area contributed by atoms with E-state index in [9.17, 15) is 24.6 Å². The second kappa shape index (κ2) is 9.67. The highest BCUT2D eigenvalue weighted by molar-refractivity contribution is 7.81. The molecule has 2 unspecified atom stereocenters. The summed E-state index contributed by atoms with van der Waals surface area (Å²) in [4.78, 5) is 38.2. The number of para-hydroxylation sites is 1. The SMILES string of the molecule is O=C(NCC(=O)N1C(c2ccccc2O)CC[C@H]1C(=O)O)C(S)Cc1ccccc1. The van der Waals surface area contributed by atoms with E-state index in [0.29, 0.717) is 18.4 Å². The van der Waals surface area contributed by atoms with Gasteiger partial charge in [0.1, 0.15) is 11.8 Å². The van der Waals surface area contributed by atoms with Gasteiger partial charge in [-0.1, -0.05) is 48.5 Å². The van der Waals surface area contributed by atoms with Crippen molar-refractivity contribution in [2.45, 2.75) is 36.6 Å². The topological polar surface area (TPSA) is 107 Å². The van der Waals surface area contributed by atoms with E-state index in [4.69, 9.17) is 0 Å². The van der Waals surface area contributed by atoms with Gasteiger partial charge in [-0.25, -0.2) is 4.79 Å². The molecule has 0 radical (unpaired) electrons. The van der Waals surface area contributed by atoms with Gasteiger partial charge in [0.15, 0.2) is 0 Å². The molecule has 3 atom stereocenters. The first-order chi connectivity index (χ1) is 14.4. The van der Waals surface area contributed by atoms with Gasteiger partial charge in [-0.3, -0.25) is 9.59 Å². The minimum atomic E-state index is -1.11. The average Bonchev–Trinajstić information content (AvgIpc) is 3.18. The molecule has 1 heterocycles. The van der Waals surface area contributed by atoms with Crippen molar-refractivity contribution in [2.24, 2.45) is 0 Å². The Morgan fingerprint density at radius 2 is 1.73 bits per heavy atom. The van der Waals surface area contributed by atoms with Crippen LogP contribution < -0.4 is 5.32 Å². The Hall–Kier alpha value is -3.00. The van der Waals surface area contributed by atoms with Crippen molar-refractivity contribution in [3.8, 4) is 5.75 Å². The summed E-state index contributed by atoms with van der Waals surface area (Å²) in [6.07, 6.45) is 1.10. The second-order valence-electron chi connectivity index (χ2n) is 7.23. The Kier molecular flexibility index (Phi) is 6.99. The predicted octanol–water partition coefficient (Wildman–Crippen LogP) is 2.17. The Balaban J connectivity index is 1.67. The van der Waals surface area contributed by atoms with Gasteiger partial charge in [0.2, 0.25) is 11.8 Å². The number of aliphatic carboxylic acids is 1. The van der Waals surface area contributed by atoms with Crippen LogP contribution in [0.3, 0.4) is 0 Å². The molecule has 0 spiro atoms. The molecule has 1 aliphatic rings. The quantitative estimate of drug-likeness (QED) is 0.506. The predicted molar refractivity (Wildman–Crippen MR) is 114 cm³/mol. The summed E-state index contributed by atoms with van der Waals surface area (Å²) < 4.78 is 0. The molecule has 0 saturated carbocycles. The lowest BCUT2D eigenvalue weighted by Gasteiger charge is -2.29. The van der Waals surface area contributed by atoms with Crippen LogP contribution in [0.25, 0.3) is 0 Å². The molecular weight excluding hydrogens is 404 g/mol. The number of carbonyl (C=O) groups excluding carboxylic acids is 2. The number of nitrogens with one attached hydrogen (secondary N) is 1. The van der Waals surface area contributed by atoms with Gasteiger partial charge < -0.3 is 20.4 Å². The van der Waals surface area contributed by atoms with E-state index in [-0.39, 0.29) is 18.7 Å². The van der Waals surface area contributed by atoms with Crippen LogP contribution in [0.4, 0.5) is 0 Å². The number of nitrogens with zero attached hydrogens (tertiary/aromatic N) is 1. The highest BCUT2D eigenvalue weighted by Crippen LogP contribution is 2.39. The van der Waals surface area contributed by atoms with Gasteiger partial charge in [0.25, 0.3) is 0 Å². The first-order valence-electron chi connectivity index (χ1n) is 9.70. The zero-order chi connectivity index (χ0) is 21.7. The molecule has 158 valence electrons. The zero-order valence-electron chi connectivity index (χ0n) is 16.3. The molecule has 1 fully saturated rings. The van der Waals surface area contributed by atoms with Crippen LogP contribution in [0.2, 0.25) is 0 Å². The number of rotatable bonds is 7. The zero-order valence-corrected chi connectivity index (χ0v) is 17.2. The van der Waals surface area contributed by atoms with Crippen molar-refractivity contribution in [1.82, 2.24) is 10.2 Å². The molecule has 1 saturated heterocycles. The van der Waals surface area contributed by atoms with Crippen LogP contribution in [-0.4, -0.2) is 50.7 Å². The average molecular weight is 429 g/mol. The molecule has 8 heteroatoms. The molecule has 0 aromatic heterocycles. The van der Waals surface area contributed by atoms with Crippen LogP contribution in [-0.2, 0) is 20.8 Å². The highest BCUT2D eigenvalue weighted by Gasteiger charge is 2.42. The van der Waals surface area contributed by atoms with Crippen molar-refractivity contribution in [3.05, 3.63) is 65.7 Å². The first-order valence-corrected chi connectivity index (χ1v) is 10.2. The van der Waals surface area contributed by atoms with Crippen LogP contribution in [0, 0.1) is 0 Å². The van der Waals surface area contributed by atoms with Gasteiger partial charge in [0.05, 0.1) is 17.8 Å². The molecule has 0 bridgehead atoms. The van der Waals surface area contributed by atoms with E-state index in [0.717, 1.165) is 5.56 Å². The maximum Gasteiger partial charge on any atom is 0.326 e. The summed E-state index contributed by atoms with van der Waals surface area (Å²) >= 11 is 4.32. The summed E-state index contributed by atoms with van der Waals surface area (Å²) in [5.74, 6) is -2.01. The molecule has 3 rings (SSSR count). The molecule has 3 N–H and O–H groups in total. The summed E-state index contributed by atoms with van der Waals surface area (Å²) in [5, 5.41) is 21.6. The van der Waals surface area contributed by atoms with E-state index in [1.807, 2.05) is 30.3 Å². The number of hydrogen-bond acceptors (Lipinski definition) is 5. The number of aromatic hydroxyl groups is 1. The summed E-state index contributed by atoms with van der Waals surface area (Å²) in [7, 11) is 0. The van der Waals surface area contributed by atoms with Crippen molar-refractivity contribution >= 4 is 30.4 Å². The number of hydrogen-bond donors (Lipinski definition) is 4. The number of carboxylic acids is 1. The fourth-order valence-electron chi connectivity index (χ4n) is 3.78. The monoisotopic (exact) mass is 428 g/mol. The Morgan fingerprint density at radius 1 is 1.07 bits per heavy atom. The molecule has 0 aliphatic carbocycles. The van der Waals surface area contributed by atoms with Crippen LogP contribution in [0.1, 0.15) is 30.0 Å². The van der Waals surface area contributed by atoms with Gasteiger partial charge >= 0.3 is 5.97 Å². The standard InChI is InChI=1S/C22H24N2O5S/c25-18-9-5-4-8-15(18)16-10-11-17(22(28)29)24(16)20(26)13-23-21(27)19(30)12-14-6-2-1-3-7-14/h1-9,16-17,19,25,30H,10-13H2,(H,23,27)(H,28,29)/t16?,17-,19?/m0/s1. The van der Waals surface area contributed by atoms with E-state index in [1.54, 1.807) is 18.2 Å². The van der Waals surface area contributed by atoms with Crippen molar-refractivity contribution in [1.29, 1.82) is 0 Å². The number of phenolic OH excluding ortho intramolecular Hbond substituents is 1. The van der Waals surface area contributed by atoms with E-state index in [2.05, 4.69) is 17.9 Å². The fraction of sp³-hybridized carbons (Fsp3) is 0.318. The summed E-state index contributed by atoms with van der Waals surface area (Å²) in [6.45, 7) is -0.335. The lowest BCUT2D eigenvalue weighted by Crippen LogP contribution is -2.47. The van der Waals surface area contributed by atoms with Crippen LogP contribution in [0.5, 0.6) is 5.75 Å². The summed E-state index contributed by atoms with van der Waals surface area (Å²) in [5.41, 5.74) is 1.45. The third-order valence-corrected chi connectivity index (χ3v) is 5.66. The summed E-state index contributed by atoms with van der Waals surface area (Å²) in [6, 6.07) is 14.4. The van der Waals surface area contributed by atoms with Crippen molar-refractivity contribution < 1.29 is 24.6 Å². The Morgan fingerprint density at radius 3 is 2.40 bits per heavy atom. The van der Waals surface area contributed by atoms with Gasteiger partial charge in [-0.2, -0.15) is 12.6 Å². The van der Waals surface area contributed by atoms with Crippen LogP contribution in [0.15, 0.2) is 54.6 Å². The Labute approximate surface area is 180 Å². The number of likely N-dealkylation sites (tertiary alicyclic amines) is 1. The fourth-order valence-corrected chi connectivity index (χ4v) is 4.08. The maximum atomic E-state index is 12.9. The third kappa shape index (κ3) is 4.94. The van der Waals surface area contributed by atoms with E-state index >= 15 is 0 Å². The number of phenols is 1. The first kappa shape index (κ1) is 21.7. The largest absolute Gasteiger partial charge is 0.508 e. The Bertz CT molecular complexity index is 921. The van der Waals surface area contributed by atoms with Crippen molar-refractivity contribution in [3.63, 3.8) is 0 Å². The smallest absolute Gasteiger partial charge is 0.326 e. The second-order valence-corrected chi connectivity index (χ2v) is 7.85. The number of carbonyl (C=O) groups is 3. The minimum Gasteiger partial charge on any atom is -0.508 e. The molecule has 2 amide bonds. The highest BCUT2D eigenvalue weighted by atomic mass is 32.1. The maximum absolute atomic E-state index is 12.9. The molecule has 30 heavy (non-hydrogen) atoms. The van der Waals surface area contributed by atoms with Gasteiger partial charge in [0, 0.05) is 5.56 Å². The number of benzene rings is 2. The van der Waals surface area contributed by atoms with Gasteiger partial charge in [-0.05, 0) is 30.9 Å².